The van der Waals surface area contributed by atoms with Gasteiger partial charge in [-0.1, -0.05) is 43.2 Å². The maximum atomic E-state index is 11.9. The van der Waals surface area contributed by atoms with Gasteiger partial charge in [0.2, 0.25) is 5.91 Å². The van der Waals surface area contributed by atoms with Gasteiger partial charge in [-0.3, -0.25) is 4.79 Å². The first-order chi connectivity index (χ1) is 9.55. The third-order valence-corrected chi connectivity index (χ3v) is 4.37. The minimum Gasteiger partial charge on any atom is -0.391 e. The molecule has 1 aromatic rings. The van der Waals surface area contributed by atoms with E-state index in [2.05, 4.69) is 17.4 Å². The van der Waals surface area contributed by atoms with Gasteiger partial charge in [-0.05, 0) is 25.3 Å². The molecule has 1 fully saturated rings. The number of hydrogen-bond acceptors (Lipinski definition) is 3. The molecule has 0 heterocycles. The quantitative estimate of drug-likeness (QED) is 0.759. The van der Waals surface area contributed by atoms with Crippen molar-refractivity contribution in [2.24, 2.45) is 5.73 Å². The number of carbonyl (C=O) groups excluding carboxylic acids is 1. The summed E-state index contributed by atoms with van der Waals surface area (Å²) in [5.41, 5.74) is 6.97. The molecule has 0 unspecified atom stereocenters. The van der Waals surface area contributed by atoms with Gasteiger partial charge in [0.25, 0.3) is 0 Å². The van der Waals surface area contributed by atoms with Crippen molar-refractivity contribution in [3.63, 3.8) is 0 Å². The van der Waals surface area contributed by atoms with Gasteiger partial charge < -0.3 is 16.2 Å². The van der Waals surface area contributed by atoms with Crippen molar-refractivity contribution in [2.75, 3.05) is 6.54 Å². The molecule has 1 aromatic carbocycles. The highest BCUT2D eigenvalue weighted by atomic mass is 16.3. The molecule has 1 aliphatic rings. The van der Waals surface area contributed by atoms with E-state index < -0.39 is 12.1 Å². The Kier molecular flexibility index (Phi) is 4.78. The molecule has 0 saturated heterocycles. The summed E-state index contributed by atoms with van der Waals surface area (Å²) in [5, 5.41) is 12.3. The lowest BCUT2D eigenvalue weighted by atomic mass is 9.79. The number of aliphatic hydroxyl groups is 1. The van der Waals surface area contributed by atoms with Gasteiger partial charge in [0.1, 0.15) is 6.04 Å². The molecule has 0 radical (unpaired) electrons. The molecule has 4 heteroatoms. The molecule has 2 rings (SSSR count). The second-order valence-corrected chi connectivity index (χ2v) is 5.84. The Labute approximate surface area is 120 Å². The highest BCUT2D eigenvalue weighted by Gasteiger charge is 2.36. The smallest absolute Gasteiger partial charge is 0.239 e. The first kappa shape index (κ1) is 15.0. The molecular formula is C16H24N2O2. The van der Waals surface area contributed by atoms with Crippen molar-refractivity contribution < 1.29 is 9.90 Å². The van der Waals surface area contributed by atoms with Crippen LogP contribution in [0.2, 0.25) is 0 Å². The van der Waals surface area contributed by atoms with Gasteiger partial charge in [0, 0.05) is 12.0 Å². The summed E-state index contributed by atoms with van der Waals surface area (Å²) < 4.78 is 0. The topological polar surface area (TPSA) is 75.3 Å². The maximum absolute atomic E-state index is 11.9. The number of amides is 1. The molecule has 4 nitrogen and oxygen atoms in total. The third-order valence-electron chi connectivity index (χ3n) is 4.37. The van der Waals surface area contributed by atoms with Crippen molar-refractivity contribution in [3.05, 3.63) is 35.9 Å². The molecule has 0 spiro atoms. The zero-order chi connectivity index (χ0) is 14.6. The third kappa shape index (κ3) is 3.19. The number of benzene rings is 1. The predicted molar refractivity (Wildman–Crippen MR) is 79.3 cm³/mol. The maximum Gasteiger partial charge on any atom is 0.239 e. The number of nitrogens with two attached hydrogens (primary N) is 1. The summed E-state index contributed by atoms with van der Waals surface area (Å²) in [6, 6.07) is 9.49. The summed E-state index contributed by atoms with van der Waals surface area (Å²) in [7, 11) is 0. The summed E-state index contributed by atoms with van der Waals surface area (Å²) in [6.45, 7) is 2.13. The highest BCUT2D eigenvalue weighted by Crippen LogP contribution is 2.40. The summed E-state index contributed by atoms with van der Waals surface area (Å²) in [6.07, 6.45) is 3.72. The van der Waals surface area contributed by atoms with Crippen LogP contribution in [0.3, 0.4) is 0 Å². The average molecular weight is 276 g/mol. The minimum atomic E-state index is -0.857. The molecule has 2 atom stereocenters. The van der Waals surface area contributed by atoms with Crippen LogP contribution in [0.1, 0.15) is 38.2 Å². The minimum absolute atomic E-state index is 0.0231. The zero-order valence-electron chi connectivity index (χ0n) is 12.0. The van der Waals surface area contributed by atoms with Crippen molar-refractivity contribution >= 4 is 5.91 Å². The van der Waals surface area contributed by atoms with Gasteiger partial charge in [0.15, 0.2) is 0 Å². The Bertz CT molecular complexity index is 439. The first-order valence-corrected chi connectivity index (χ1v) is 7.32. The SMILES string of the molecule is C[C@@H](O)[C@H](N)C(=O)NCC1(c2ccccc2)CCCC1. The molecule has 20 heavy (non-hydrogen) atoms. The fourth-order valence-electron chi connectivity index (χ4n) is 3.00. The summed E-state index contributed by atoms with van der Waals surface area (Å²) in [5.74, 6) is -0.276. The van der Waals surface area contributed by atoms with Crippen LogP contribution in [0.4, 0.5) is 0 Å². The zero-order valence-corrected chi connectivity index (χ0v) is 12.0. The van der Waals surface area contributed by atoms with Gasteiger partial charge >= 0.3 is 0 Å². The largest absolute Gasteiger partial charge is 0.391 e. The Morgan fingerprint density at radius 2 is 1.95 bits per heavy atom. The van der Waals surface area contributed by atoms with Crippen molar-refractivity contribution in [1.29, 1.82) is 0 Å². The Balaban J connectivity index is 2.06. The molecule has 4 N–H and O–H groups in total. The lowest BCUT2D eigenvalue weighted by Crippen LogP contribution is -2.50. The van der Waals surface area contributed by atoms with Crippen LogP contribution in [0, 0.1) is 0 Å². The summed E-state index contributed by atoms with van der Waals surface area (Å²) in [4.78, 5) is 11.9. The van der Waals surface area contributed by atoms with Crippen LogP contribution >= 0.6 is 0 Å². The van der Waals surface area contributed by atoms with Crippen LogP contribution in [0.15, 0.2) is 30.3 Å². The standard InChI is InChI=1S/C16H24N2O2/c1-12(19)14(17)15(20)18-11-16(9-5-6-10-16)13-7-3-2-4-8-13/h2-4,7-8,12,14,19H,5-6,9-11,17H2,1H3,(H,18,20)/t12-,14+/m1/s1. The van der Waals surface area contributed by atoms with E-state index in [9.17, 15) is 9.90 Å². The van der Waals surface area contributed by atoms with E-state index in [0.717, 1.165) is 12.8 Å². The highest BCUT2D eigenvalue weighted by molar-refractivity contribution is 5.82. The molecular weight excluding hydrogens is 252 g/mol. The van der Waals surface area contributed by atoms with E-state index in [1.165, 1.54) is 25.3 Å². The molecule has 110 valence electrons. The van der Waals surface area contributed by atoms with E-state index >= 15 is 0 Å². The molecule has 0 bridgehead atoms. The van der Waals surface area contributed by atoms with Gasteiger partial charge in [-0.25, -0.2) is 0 Å². The van der Waals surface area contributed by atoms with Crippen LogP contribution in [-0.2, 0) is 10.2 Å². The van der Waals surface area contributed by atoms with Gasteiger partial charge in [0.05, 0.1) is 6.10 Å². The predicted octanol–water partition coefficient (Wildman–Crippen LogP) is 1.32. The van der Waals surface area contributed by atoms with Gasteiger partial charge in [-0.15, -0.1) is 0 Å². The van der Waals surface area contributed by atoms with Crippen LogP contribution in [0.5, 0.6) is 0 Å². The number of rotatable bonds is 5. The second-order valence-electron chi connectivity index (χ2n) is 5.84. The average Bonchev–Trinajstić information content (AvgIpc) is 2.95. The fourth-order valence-corrected chi connectivity index (χ4v) is 3.00. The number of nitrogens with one attached hydrogen (secondary N) is 1. The Morgan fingerprint density at radius 1 is 1.35 bits per heavy atom. The number of aliphatic hydroxyl groups excluding tert-OH is 1. The Hall–Kier alpha value is -1.39. The van der Waals surface area contributed by atoms with Crippen LogP contribution in [0.25, 0.3) is 0 Å². The second kappa shape index (κ2) is 6.37. The van der Waals surface area contributed by atoms with Crippen molar-refractivity contribution in [2.45, 2.75) is 50.2 Å². The molecule has 1 amide bonds. The van der Waals surface area contributed by atoms with E-state index in [-0.39, 0.29) is 11.3 Å². The number of carbonyl (C=O) groups is 1. The lowest BCUT2D eigenvalue weighted by Gasteiger charge is -2.30. The van der Waals surface area contributed by atoms with Gasteiger partial charge in [-0.2, -0.15) is 0 Å². The van der Waals surface area contributed by atoms with Crippen molar-refractivity contribution in [1.82, 2.24) is 5.32 Å². The lowest BCUT2D eigenvalue weighted by molar-refractivity contribution is -0.124. The van der Waals surface area contributed by atoms with Crippen LogP contribution < -0.4 is 11.1 Å². The number of hydrogen-bond donors (Lipinski definition) is 3. The molecule has 1 aliphatic carbocycles. The Morgan fingerprint density at radius 3 is 2.50 bits per heavy atom. The molecule has 1 saturated carbocycles. The fraction of sp³-hybridized carbons (Fsp3) is 0.562. The monoisotopic (exact) mass is 276 g/mol. The van der Waals surface area contributed by atoms with Crippen molar-refractivity contribution in [3.8, 4) is 0 Å². The van der Waals surface area contributed by atoms with Crippen LogP contribution in [-0.4, -0.2) is 29.7 Å². The van der Waals surface area contributed by atoms with E-state index in [1.807, 2.05) is 18.2 Å². The normalized spacial score (nSPS) is 20.4. The summed E-state index contributed by atoms with van der Waals surface area (Å²) >= 11 is 0. The first-order valence-electron chi connectivity index (χ1n) is 7.32. The van der Waals surface area contributed by atoms with E-state index in [1.54, 1.807) is 0 Å². The molecule has 0 aromatic heterocycles. The van der Waals surface area contributed by atoms with E-state index in [4.69, 9.17) is 5.73 Å². The van der Waals surface area contributed by atoms with E-state index in [0.29, 0.717) is 6.54 Å². The molecule has 0 aliphatic heterocycles.